The van der Waals surface area contributed by atoms with Crippen molar-refractivity contribution >= 4 is 28.1 Å². The summed E-state index contributed by atoms with van der Waals surface area (Å²) in [5.74, 6) is 5.43. The average Bonchev–Trinajstić information content (AvgIpc) is 2.87. The van der Waals surface area contributed by atoms with Crippen molar-refractivity contribution in [1.29, 1.82) is 0 Å². The van der Waals surface area contributed by atoms with Gasteiger partial charge in [0, 0.05) is 12.1 Å². The summed E-state index contributed by atoms with van der Waals surface area (Å²) in [4.78, 5) is 14.1. The van der Waals surface area contributed by atoms with E-state index in [0.717, 1.165) is 23.5 Å². The molecule has 3 rings (SSSR count). The number of aryl methyl sites for hydroxylation is 1. The highest BCUT2D eigenvalue weighted by atomic mass is 32.1. The number of nitrogens with two attached hydrogens (primary N) is 1. The van der Waals surface area contributed by atoms with Crippen LogP contribution in [0.25, 0.3) is 0 Å². The summed E-state index contributed by atoms with van der Waals surface area (Å²) in [5.41, 5.74) is 4.66. The number of benzene rings is 1. The molecular formula is C13H15N5OS. The van der Waals surface area contributed by atoms with Gasteiger partial charge in [-0.25, -0.2) is 5.84 Å². The molecule has 0 atom stereocenters. The Balaban J connectivity index is 1.91. The molecule has 3 N–H and O–H groups in total. The lowest BCUT2D eigenvalue weighted by molar-refractivity contribution is -0.118. The molecule has 20 heavy (non-hydrogen) atoms. The highest BCUT2D eigenvalue weighted by molar-refractivity contribution is 7.15. The number of nitrogen functional groups attached to an aromatic ring is 1. The average molecular weight is 289 g/mol. The molecule has 0 saturated heterocycles. The number of aromatic nitrogens is 2. The lowest BCUT2D eigenvalue weighted by Gasteiger charge is -2.21. The van der Waals surface area contributed by atoms with Crippen LogP contribution >= 0.6 is 11.3 Å². The normalized spacial score (nSPS) is 14.8. The summed E-state index contributed by atoms with van der Waals surface area (Å²) in [6.07, 6.45) is 2.39. The van der Waals surface area contributed by atoms with E-state index in [1.54, 1.807) is 4.90 Å². The summed E-state index contributed by atoms with van der Waals surface area (Å²) in [7, 11) is 0. The maximum atomic E-state index is 12.3. The molecule has 2 aromatic rings. The largest absolute Gasteiger partial charge is 0.305 e. The number of hydrazine groups is 1. The number of nitrogens with zero attached hydrogens (tertiary/aromatic N) is 3. The Morgan fingerprint density at radius 3 is 2.95 bits per heavy atom. The van der Waals surface area contributed by atoms with Crippen molar-refractivity contribution in [2.45, 2.75) is 25.8 Å². The van der Waals surface area contributed by atoms with Crippen molar-refractivity contribution in [2.24, 2.45) is 5.84 Å². The first kappa shape index (κ1) is 13.0. The van der Waals surface area contributed by atoms with Crippen LogP contribution in [-0.2, 0) is 17.8 Å². The Bertz CT molecular complexity index is 627. The van der Waals surface area contributed by atoms with E-state index in [0.29, 0.717) is 18.1 Å². The Labute approximate surface area is 120 Å². The van der Waals surface area contributed by atoms with E-state index >= 15 is 0 Å². The van der Waals surface area contributed by atoms with Crippen molar-refractivity contribution in [3.63, 3.8) is 0 Å². The van der Waals surface area contributed by atoms with Crippen molar-refractivity contribution in [2.75, 3.05) is 10.3 Å². The van der Waals surface area contributed by atoms with E-state index < -0.39 is 0 Å². The minimum absolute atomic E-state index is 0.132. The van der Waals surface area contributed by atoms with Gasteiger partial charge in [0.25, 0.3) is 0 Å². The molecule has 1 amide bonds. The van der Waals surface area contributed by atoms with E-state index in [4.69, 9.17) is 5.84 Å². The van der Waals surface area contributed by atoms with Gasteiger partial charge in [0.2, 0.25) is 11.0 Å². The smallest absolute Gasteiger partial charge is 0.227 e. The quantitative estimate of drug-likeness (QED) is 0.663. The van der Waals surface area contributed by atoms with Gasteiger partial charge in [0.15, 0.2) is 0 Å². The maximum absolute atomic E-state index is 12.3. The molecule has 7 heteroatoms. The lowest BCUT2D eigenvalue weighted by atomic mass is 10.1. The van der Waals surface area contributed by atoms with Crippen molar-refractivity contribution in [3.05, 3.63) is 34.8 Å². The molecule has 1 aliphatic rings. The SMILES string of the molecule is NNc1nnc(CN2C(=O)CCCc3ccccc32)s1. The fourth-order valence-electron chi connectivity index (χ4n) is 2.37. The van der Waals surface area contributed by atoms with Crippen LogP contribution in [0.15, 0.2) is 24.3 Å². The molecule has 0 aliphatic carbocycles. The number of nitrogens with one attached hydrogen (secondary N) is 1. The molecule has 0 spiro atoms. The molecule has 0 unspecified atom stereocenters. The number of carbonyl (C=O) groups excluding carboxylic acids is 1. The van der Waals surface area contributed by atoms with Gasteiger partial charge in [0.1, 0.15) is 5.01 Å². The molecule has 104 valence electrons. The van der Waals surface area contributed by atoms with Crippen molar-refractivity contribution in [1.82, 2.24) is 10.2 Å². The third-order valence-corrected chi connectivity index (χ3v) is 4.14. The summed E-state index contributed by atoms with van der Waals surface area (Å²) in [6.45, 7) is 0.440. The number of anilines is 2. The third-order valence-electron chi connectivity index (χ3n) is 3.30. The molecule has 1 aliphatic heterocycles. The van der Waals surface area contributed by atoms with Gasteiger partial charge in [-0.2, -0.15) is 0 Å². The highest BCUT2D eigenvalue weighted by Crippen LogP contribution is 2.29. The van der Waals surface area contributed by atoms with Crippen LogP contribution in [0.5, 0.6) is 0 Å². The Morgan fingerprint density at radius 2 is 2.15 bits per heavy atom. The van der Waals surface area contributed by atoms with Gasteiger partial charge in [-0.15, -0.1) is 10.2 Å². The monoisotopic (exact) mass is 289 g/mol. The maximum Gasteiger partial charge on any atom is 0.227 e. The zero-order valence-corrected chi connectivity index (χ0v) is 11.7. The number of hydrogen-bond donors (Lipinski definition) is 2. The zero-order valence-electron chi connectivity index (χ0n) is 10.9. The van der Waals surface area contributed by atoms with E-state index in [9.17, 15) is 4.79 Å². The van der Waals surface area contributed by atoms with Gasteiger partial charge in [-0.1, -0.05) is 29.5 Å². The number of rotatable bonds is 3. The molecular weight excluding hydrogens is 274 g/mol. The molecule has 0 bridgehead atoms. The van der Waals surface area contributed by atoms with Crippen LogP contribution < -0.4 is 16.2 Å². The molecule has 1 aromatic heterocycles. The number of carbonyl (C=O) groups is 1. The number of para-hydroxylation sites is 1. The summed E-state index contributed by atoms with van der Waals surface area (Å²) in [5, 5.41) is 9.27. The minimum Gasteiger partial charge on any atom is -0.305 e. The Kier molecular flexibility index (Phi) is 3.62. The standard InChI is InChI=1S/C13H15N5OS/c14-15-13-17-16-11(20-13)8-18-10-6-2-1-4-9(10)5-3-7-12(18)19/h1-2,4,6H,3,5,7-8,14H2,(H,15,17). The topological polar surface area (TPSA) is 84.1 Å². The lowest BCUT2D eigenvalue weighted by Crippen LogP contribution is -2.29. The Morgan fingerprint density at radius 1 is 1.30 bits per heavy atom. The fourth-order valence-corrected chi connectivity index (χ4v) is 3.01. The van der Waals surface area contributed by atoms with Crippen molar-refractivity contribution in [3.8, 4) is 0 Å². The van der Waals surface area contributed by atoms with E-state index in [2.05, 4.69) is 21.7 Å². The predicted molar refractivity (Wildman–Crippen MR) is 78.3 cm³/mol. The second kappa shape index (κ2) is 5.56. The fraction of sp³-hybridized carbons (Fsp3) is 0.308. The molecule has 0 radical (unpaired) electrons. The van der Waals surface area contributed by atoms with E-state index in [1.807, 2.05) is 18.2 Å². The number of amides is 1. The van der Waals surface area contributed by atoms with E-state index in [1.165, 1.54) is 16.9 Å². The summed E-state index contributed by atoms with van der Waals surface area (Å²) < 4.78 is 0. The summed E-state index contributed by atoms with van der Waals surface area (Å²) >= 11 is 1.36. The minimum atomic E-state index is 0.132. The first-order valence-corrected chi connectivity index (χ1v) is 7.27. The third kappa shape index (κ3) is 2.50. The van der Waals surface area contributed by atoms with Crippen LogP contribution in [0.4, 0.5) is 10.8 Å². The molecule has 0 fully saturated rings. The van der Waals surface area contributed by atoms with E-state index in [-0.39, 0.29) is 5.91 Å². The van der Waals surface area contributed by atoms with Crippen LogP contribution in [0.1, 0.15) is 23.4 Å². The van der Waals surface area contributed by atoms with Crippen LogP contribution in [0.3, 0.4) is 0 Å². The van der Waals surface area contributed by atoms with Gasteiger partial charge < -0.3 is 4.90 Å². The molecule has 2 heterocycles. The summed E-state index contributed by atoms with van der Waals surface area (Å²) in [6, 6.07) is 8.03. The second-order valence-corrected chi connectivity index (χ2v) is 5.67. The zero-order chi connectivity index (χ0) is 13.9. The van der Waals surface area contributed by atoms with Crippen LogP contribution in [0, 0.1) is 0 Å². The predicted octanol–water partition coefficient (Wildman–Crippen LogP) is 1.69. The van der Waals surface area contributed by atoms with Crippen LogP contribution in [-0.4, -0.2) is 16.1 Å². The molecule has 1 aromatic carbocycles. The number of hydrogen-bond acceptors (Lipinski definition) is 6. The van der Waals surface area contributed by atoms with Gasteiger partial charge in [0.05, 0.1) is 6.54 Å². The highest BCUT2D eigenvalue weighted by Gasteiger charge is 2.23. The molecule has 0 saturated carbocycles. The second-order valence-electron chi connectivity index (χ2n) is 4.61. The Hall–Kier alpha value is -1.99. The molecule has 6 nitrogen and oxygen atoms in total. The van der Waals surface area contributed by atoms with Crippen molar-refractivity contribution < 1.29 is 4.79 Å². The van der Waals surface area contributed by atoms with Gasteiger partial charge in [-0.05, 0) is 24.5 Å². The number of fused-ring (bicyclic) bond motifs is 1. The van der Waals surface area contributed by atoms with Gasteiger partial charge >= 0.3 is 0 Å². The van der Waals surface area contributed by atoms with Crippen LogP contribution in [0.2, 0.25) is 0 Å². The van der Waals surface area contributed by atoms with Gasteiger partial charge in [-0.3, -0.25) is 10.2 Å². The first-order valence-electron chi connectivity index (χ1n) is 6.45. The first-order chi connectivity index (χ1) is 9.78.